The van der Waals surface area contributed by atoms with Gasteiger partial charge >= 0.3 is 0 Å². The first kappa shape index (κ1) is 18.8. The van der Waals surface area contributed by atoms with Crippen molar-refractivity contribution in [2.24, 2.45) is 5.16 Å². The fourth-order valence-electron chi connectivity index (χ4n) is 1.60. The Morgan fingerprint density at radius 3 is 2.45 bits per heavy atom. The molecular formula is C13H29N5O2. The van der Waals surface area contributed by atoms with Gasteiger partial charge in [-0.3, -0.25) is 4.79 Å². The molecule has 0 saturated carbocycles. The minimum absolute atomic E-state index is 0.366. The highest BCUT2D eigenvalue weighted by molar-refractivity contribution is 6.25. The van der Waals surface area contributed by atoms with Gasteiger partial charge in [-0.05, 0) is 53.6 Å². The fraction of sp³-hybridized carbons (Fsp3) is 0.846. The molecule has 0 heterocycles. The van der Waals surface area contributed by atoms with E-state index in [0.29, 0.717) is 6.54 Å². The van der Waals surface area contributed by atoms with E-state index < -0.39 is 0 Å². The Bertz CT molecular complexity index is 271. The van der Waals surface area contributed by atoms with E-state index in [9.17, 15) is 4.79 Å². The summed E-state index contributed by atoms with van der Waals surface area (Å²) in [6.07, 6.45) is 2.84. The number of carbonyl (C=O) groups excluding carboxylic acids is 1. The maximum Gasteiger partial charge on any atom is 0.265 e. The predicted octanol–water partition coefficient (Wildman–Crippen LogP) is -0.574. The van der Waals surface area contributed by atoms with Crippen LogP contribution in [0.5, 0.6) is 0 Å². The van der Waals surface area contributed by atoms with Gasteiger partial charge in [-0.25, -0.2) is 0 Å². The number of hydrogen-bond donors (Lipinski definition) is 3. The summed E-state index contributed by atoms with van der Waals surface area (Å²) >= 11 is 0. The molecule has 0 aromatic rings. The van der Waals surface area contributed by atoms with Crippen molar-refractivity contribution in [3.8, 4) is 0 Å². The Morgan fingerprint density at radius 1 is 1.10 bits per heavy atom. The molecule has 0 bridgehead atoms. The zero-order valence-corrected chi connectivity index (χ0v) is 12.9. The third kappa shape index (κ3) is 13.3. The number of amides is 1. The van der Waals surface area contributed by atoms with Crippen LogP contribution in [0.2, 0.25) is 0 Å². The Labute approximate surface area is 122 Å². The monoisotopic (exact) mass is 287 g/mol. The van der Waals surface area contributed by atoms with E-state index in [-0.39, 0.29) is 5.91 Å². The van der Waals surface area contributed by atoms with Gasteiger partial charge < -0.3 is 25.6 Å². The standard InChI is InChI=1S/C13H29N5O2/c1-17(2)10-11-18(3)9-5-7-14-6-4-8-15-13(19)12-16-20/h12,14,20H,4-11H2,1-3H3,(H,15,19). The van der Waals surface area contributed by atoms with Crippen molar-refractivity contribution >= 4 is 12.1 Å². The first-order valence-corrected chi connectivity index (χ1v) is 7.05. The van der Waals surface area contributed by atoms with Gasteiger partial charge in [0.15, 0.2) is 0 Å². The first-order valence-electron chi connectivity index (χ1n) is 7.05. The number of likely N-dealkylation sites (N-methyl/N-ethyl adjacent to an activating group) is 2. The highest BCUT2D eigenvalue weighted by atomic mass is 16.4. The Balaban J connectivity index is 3.26. The molecule has 20 heavy (non-hydrogen) atoms. The maximum atomic E-state index is 10.9. The zero-order valence-electron chi connectivity index (χ0n) is 12.9. The maximum absolute atomic E-state index is 10.9. The summed E-state index contributed by atoms with van der Waals surface area (Å²) in [6.45, 7) is 5.70. The largest absolute Gasteiger partial charge is 0.411 e. The van der Waals surface area contributed by atoms with Crippen LogP contribution in [0.15, 0.2) is 5.16 Å². The highest BCUT2D eigenvalue weighted by Gasteiger charge is 1.99. The van der Waals surface area contributed by atoms with E-state index in [4.69, 9.17) is 5.21 Å². The molecule has 1 amide bonds. The minimum Gasteiger partial charge on any atom is -0.411 e. The van der Waals surface area contributed by atoms with Crippen LogP contribution in [-0.2, 0) is 4.79 Å². The number of oxime groups is 1. The van der Waals surface area contributed by atoms with E-state index in [1.165, 1.54) is 0 Å². The summed E-state index contributed by atoms with van der Waals surface area (Å²) in [5, 5.41) is 16.8. The summed E-state index contributed by atoms with van der Waals surface area (Å²) in [4.78, 5) is 15.4. The van der Waals surface area contributed by atoms with Gasteiger partial charge in [0.2, 0.25) is 0 Å². The lowest BCUT2D eigenvalue weighted by atomic mass is 10.3. The van der Waals surface area contributed by atoms with Gasteiger partial charge in [0.25, 0.3) is 5.91 Å². The van der Waals surface area contributed by atoms with Crippen LogP contribution in [0.3, 0.4) is 0 Å². The Morgan fingerprint density at radius 2 is 1.80 bits per heavy atom. The molecule has 0 rings (SSSR count). The van der Waals surface area contributed by atoms with Gasteiger partial charge in [0.05, 0.1) is 0 Å². The van der Waals surface area contributed by atoms with E-state index in [1.807, 2.05) is 0 Å². The minimum atomic E-state index is -0.366. The second-order valence-electron chi connectivity index (χ2n) is 5.10. The van der Waals surface area contributed by atoms with E-state index in [0.717, 1.165) is 51.8 Å². The van der Waals surface area contributed by atoms with Gasteiger partial charge in [0.1, 0.15) is 6.21 Å². The summed E-state index contributed by atoms with van der Waals surface area (Å²) in [7, 11) is 6.31. The quantitative estimate of drug-likeness (QED) is 0.194. The van der Waals surface area contributed by atoms with Crippen LogP contribution in [0, 0.1) is 0 Å². The second kappa shape index (κ2) is 12.8. The molecular weight excluding hydrogens is 258 g/mol. The van der Waals surface area contributed by atoms with Crippen molar-refractivity contribution in [2.75, 3.05) is 60.4 Å². The molecule has 0 spiro atoms. The van der Waals surface area contributed by atoms with Crippen molar-refractivity contribution in [1.29, 1.82) is 0 Å². The zero-order chi connectivity index (χ0) is 15.2. The van der Waals surface area contributed by atoms with Gasteiger partial charge in [-0.2, -0.15) is 0 Å². The normalized spacial score (nSPS) is 11.7. The highest BCUT2D eigenvalue weighted by Crippen LogP contribution is 1.87. The molecule has 118 valence electrons. The number of rotatable bonds is 12. The Hall–Kier alpha value is -1.18. The first-order chi connectivity index (χ1) is 9.56. The van der Waals surface area contributed by atoms with E-state index >= 15 is 0 Å². The van der Waals surface area contributed by atoms with Crippen LogP contribution in [0.4, 0.5) is 0 Å². The van der Waals surface area contributed by atoms with Crippen LogP contribution < -0.4 is 10.6 Å². The van der Waals surface area contributed by atoms with Crippen molar-refractivity contribution < 1.29 is 10.0 Å². The van der Waals surface area contributed by atoms with Crippen LogP contribution >= 0.6 is 0 Å². The molecule has 0 aliphatic carbocycles. The summed E-state index contributed by atoms with van der Waals surface area (Å²) in [6, 6.07) is 0. The SMILES string of the molecule is CN(C)CCN(C)CCCNCCCNC(=O)C=NO. The Kier molecular flexibility index (Phi) is 12.1. The van der Waals surface area contributed by atoms with Crippen molar-refractivity contribution in [2.45, 2.75) is 12.8 Å². The third-order valence-electron chi connectivity index (χ3n) is 2.83. The van der Waals surface area contributed by atoms with Gasteiger partial charge in [-0.1, -0.05) is 5.16 Å². The predicted molar refractivity (Wildman–Crippen MR) is 81.4 cm³/mol. The van der Waals surface area contributed by atoms with Crippen LogP contribution in [0.1, 0.15) is 12.8 Å². The molecule has 0 aliphatic heterocycles. The summed E-state index contributed by atoms with van der Waals surface area (Å²) < 4.78 is 0. The molecule has 7 nitrogen and oxygen atoms in total. The molecule has 0 atom stereocenters. The lowest BCUT2D eigenvalue weighted by Crippen LogP contribution is -2.31. The van der Waals surface area contributed by atoms with Crippen LogP contribution in [-0.4, -0.2) is 87.5 Å². The molecule has 0 aliphatic rings. The number of nitrogens with one attached hydrogen (secondary N) is 2. The summed E-state index contributed by atoms with van der Waals surface area (Å²) in [5.74, 6) is -0.366. The smallest absolute Gasteiger partial charge is 0.265 e. The molecule has 0 saturated heterocycles. The van der Waals surface area contributed by atoms with Gasteiger partial charge in [-0.15, -0.1) is 0 Å². The molecule has 0 radical (unpaired) electrons. The topological polar surface area (TPSA) is 80.2 Å². The number of nitrogens with zero attached hydrogens (tertiary/aromatic N) is 3. The number of hydrogen-bond acceptors (Lipinski definition) is 6. The molecule has 0 unspecified atom stereocenters. The average Bonchev–Trinajstić information content (AvgIpc) is 2.39. The molecule has 0 fully saturated rings. The van der Waals surface area contributed by atoms with Crippen LogP contribution in [0.25, 0.3) is 0 Å². The number of carbonyl (C=O) groups is 1. The lowest BCUT2D eigenvalue weighted by Gasteiger charge is -2.19. The summed E-state index contributed by atoms with van der Waals surface area (Å²) in [5.41, 5.74) is 0. The van der Waals surface area contributed by atoms with E-state index in [1.54, 1.807) is 0 Å². The van der Waals surface area contributed by atoms with Crippen molar-refractivity contribution in [3.05, 3.63) is 0 Å². The van der Waals surface area contributed by atoms with Crippen molar-refractivity contribution in [3.63, 3.8) is 0 Å². The molecule has 7 heteroatoms. The van der Waals surface area contributed by atoms with Crippen molar-refractivity contribution in [1.82, 2.24) is 20.4 Å². The third-order valence-corrected chi connectivity index (χ3v) is 2.83. The van der Waals surface area contributed by atoms with E-state index in [2.05, 4.69) is 46.7 Å². The molecule has 3 N–H and O–H groups in total. The second-order valence-corrected chi connectivity index (χ2v) is 5.10. The average molecular weight is 287 g/mol. The molecule has 0 aromatic carbocycles. The molecule has 0 aromatic heterocycles. The lowest BCUT2D eigenvalue weighted by molar-refractivity contribution is -0.114. The fourth-order valence-corrected chi connectivity index (χ4v) is 1.60. The van der Waals surface area contributed by atoms with Gasteiger partial charge in [0, 0.05) is 19.6 Å².